The van der Waals surface area contributed by atoms with Crippen LogP contribution >= 0.6 is 0 Å². The lowest BCUT2D eigenvalue weighted by Gasteiger charge is -2.27. The molecule has 3 unspecified atom stereocenters. The van der Waals surface area contributed by atoms with E-state index in [1.165, 1.54) is 25.3 Å². The number of nitrogens with zero attached hydrogens (tertiary/aromatic N) is 2. The number of carbonyl (C=O) groups excluding carboxylic acids is 2. The summed E-state index contributed by atoms with van der Waals surface area (Å²) >= 11 is 0. The van der Waals surface area contributed by atoms with Crippen LogP contribution in [-0.2, 0) is 9.53 Å². The number of halogens is 3. The van der Waals surface area contributed by atoms with Gasteiger partial charge < -0.3 is 15.4 Å². The maximum atomic E-state index is 14.3. The minimum absolute atomic E-state index is 0.0230. The maximum absolute atomic E-state index is 14.3. The molecule has 0 radical (unpaired) electrons. The fraction of sp³-hybridized carbons (Fsp3) is 0.500. The molecule has 3 rings (SSSR count). The summed E-state index contributed by atoms with van der Waals surface area (Å²) in [6.45, 7) is 4.15. The number of hydrogen-bond acceptors (Lipinski definition) is 5. The predicted octanol–water partition coefficient (Wildman–Crippen LogP) is 4.44. The van der Waals surface area contributed by atoms with Gasteiger partial charge in [0.15, 0.2) is 0 Å². The number of hydrogen-bond donors (Lipinski definition) is 2. The number of aromatic nitrogens is 1. The summed E-state index contributed by atoms with van der Waals surface area (Å²) in [5.41, 5.74) is -1.87. The number of aliphatic imine (C=N–C) groups is 1. The Morgan fingerprint density at radius 3 is 2.71 bits per heavy atom. The molecule has 2 heterocycles. The van der Waals surface area contributed by atoms with Crippen molar-refractivity contribution in [2.45, 2.75) is 58.2 Å². The summed E-state index contributed by atoms with van der Waals surface area (Å²) in [5.74, 6) is -0.154. The van der Waals surface area contributed by atoms with Gasteiger partial charge in [0.2, 0.25) is 17.5 Å². The summed E-state index contributed by atoms with van der Waals surface area (Å²) in [7, 11) is 0. The van der Waals surface area contributed by atoms with Crippen molar-refractivity contribution in [2.24, 2.45) is 16.8 Å². The molecule has 0 aromatic carbocycles. The molecule has 1 aromatic heterocycles. The molecule has 1 aromatic rings. The van der Waals surface area contributed by atoms with Crippen LogP contribution in [0, 0.1) is 11.8 Å². The molecule has 1 saturated carbocycles. The smallest absolute Gasteiger partial charge is 0.279 e. The van der Waals surface area contributed by atoms with Gasteiger partial charge in [-0.1, -0.05) is 6.08 Å². The molecule has 7 nitrogen and oxygen atoms in total. The number of anilines is 1. The zero-order valence-electron chi connectivity index (χ0n) is 19.4. The topological polar surface area (TPSA) is 92.7 Å². The zero-order valence-corrected chi connectivity index (χ0v) is 19.4. The van der Waals surface area contributed by atoms with Gasteiger partial charge in [-0.15, -0.1) is 0 Å². The molecular weight excluding hydrogens is 449 g/mol. The third-order valence-electron chi connectivity index (χ3n) is 5.75. The second kappa shape index (κ2) is 10.8. The van der Waals surface area contributed by atoms with E-state index in [9.17, 15) is 22.8 Å². The Hall–Kier alpha value is -3.17. The lowest BCUT2D eigenvalue weighted by Crippen LogP contribution is -2.40. The molecule has 2 aliphatic rings. The Labute approximate surface area is 196 Å². The van der Waals surface area contributed by atoms with Crippen molar-refractivity contribution in [1.29, 1.82) is 0 Å². The second-order valence-corrected chi connectivity index (χ2v) is 8.70. The highest BCUT2D eigenvalue weighted by Crippen LogP contribution is 2.30. The average molecular weight is 479 g/mol. The van der Waals surface area contributed by atoms with Gasteiger partial charge in [-0.3, -0.25) is 9.59 Å². The number of carbonyl (C=O) groups is 2. The molecule has 1 aliphatic carbocycles. The van der Waals surface area contributed by atoms with Crippen LogP contribution in [0.5, 0.6) is 0 Å². The van der Waals surface area contributed by atoms with Gasteiger partial charge in [0.05, 0.1) is 0 Å². The standard InChI is InChI=1S/C24H29F3N4O3/c1-4-8-24(27,23(25)26)13-34-22-14(2)10-18(12-29-22)15(3)30-21(33)17-7-9-28-19(11-17)31-20(32)16-5-6-16/h4,7-9,11-12,15-16,18,23H,5-6,10,13H2,1-3H3,(H,30,33)(H,28,31,32)/b8-4+. The van der Waals surface area contributed by atoms with E-state index in [2.05, 4.69) is 20.6 Å². The van der Waals surface area contributed by atoms with E-state index in [4.69, 9.17) is 4.74 Å². The molecule has 3 atom stereocenters. The van der Waals surface area contributed by atoms with Crippen LogP contribution in [0.1, 0.15) is 50.4 Å². The Kier molecular flexibility index (Phi) is 8.11. The fourth-order valence-corrected chi connectivity index (χ4v) is 3.48. The highest BCUT2D eigenvalue weighted by Gasteiger charge is 2.39. The Balaban J connectivity index is 1.56. The molecule has 0 saturated heterocycles. The first kappa shape index (κ1) is 25.5. The largest absolute Gasteiger partial charge is 0.474 e. The van der Waals surface area contributed by atoms with E-state index >= 15 is 0 Å². The van der Waals surface area contributed by atoms with Crippen LogP contribution in [0.15, 0.2) is 46.9 Å². The van der Waals surface area contributed by atoms with Crippen LogP contribution in [0.2, 0.25) is 0 Å². The number of nitrogens with one attached hydrogen (secondary N) is 2. The van der Waals surface area contributed by atoms with Crippen LogP contribution < -0.4 is 10.6 Å². The Morgan fingerprint density at radius 1 is 1.35 bits per heavy atom. The number of amides is 2. The number of alkyl halides is 3. The first-order valence-electron chi connectivity index (χ1n) is 11.2. The van der Waals surface area contributed by atoms with Crippen molar-refractivity contribution in [1.82, 2.24) is 10.3 Å². The molecule has 2 N–H and O–H groups in total. The normalized spacial score (nSPS) is 20.9. The van der Waals surface area contributed by atoms with Crippen molar-refractivity contribution < 1.29 is 27.5 Å². The predicted molar refractivity (Wildman–Crippen MR) is 122 cm³/mol. The van der Waals surface area contributed by atoms with E-state index in [1.807, 2.05) is 6.92 Å². The van der Waals surface area contributed by atoms with E-state index in [1.54, 1.807) is 19.2 Å². The summed E-state index contributed by atoms with van der Waals surface area (Å²) in [6.07, 6.45) is 3.98. The van der Waals surface area contributed by atoms with Crippen molar-refractivity contribution in [3.05, 3.63) is 47.5 Å². The maximum Gasteiger partial charge on any atom is 0.279 e. The number of allylic oxidation sites excluding steroid dienone is 2. The van der Waals surface area contributed by atoms with Crippen LogP contribution in [0.3, 0.4) is 0 Å². The van der Waals surface area contributed by atoms with Gasteiger partial charge in [-0.25, -0.2) is 23.1 Å². The van der Waals surface area contributed by atoms with Crippen molar-refractivity contribution in [3.63, 3.8) is 0 Å². The molecule has 0 spiro atoms. The molecule has 1 aliphatic heterocycles. The molecule has 2 amide bonds. The average Bonchev–Trinajstić information content (AvgIpc) is 3.64. The van der Waals surface area contributed by atoms with Gasteiger partial charge in [0, 0.05) is 35.9 Å². The third kappa shape index (κ3) is 6.45. The van der Waals surface area contributed by atoms with Gasteiger partial charge in [-0.05, 0) is 63.8 Å². The quantitative estimate of drug-likeness (QED) is 0.487. The Morgan fingerprint density at radius 2 is 2.09 bits per heavy atom. The molecular formula is C24H29F3N4O3. The van der Waals surface area contributed by atoms with E-state index in [-0.39, 0.29) is 35.6 Å². The monoisotopic (exact) mass is 478 g/mol. The highest BCUT2D eigenvalue weighted by molar-refractivity contribution is 5.97. The van der Waals surface area contributed by atoms with Gasteiger partial charge in [0.25, 0.3) is 12.3 Å². The fourth-order valence-electron chi connectivity index (χ4n) is 3.48. The van der Waals surface area contributed by atoms with Crippen LogP contribution in [0.4, 0.5) is 19.0 Å². The number of ether oxygens (including phenoxy) is 1. The number of rotatable bonds is 10. The van der Waals surface area contributed by atoms with Gasteiger partial charge in [-0.2, -0.15) is 0 Å². The van der Waals surface area contributed by atoms with E-state index < -0.39 is 18.7 Å². The minimum Gasteiger partial charge on any atom is -0.474 e. The van der Waals surface area contributed by atoms with Gasteiger partial charge >= 0.3 is 0 Å². The summed E-state index contributed by atoms with van der Waals surface area (Å²) < 4.78 is 45.7. The second-order valence-electron chi connectivity index (χ2n) is 8.70. The lowest BCUT2D eigenvalue weighted by atomic mass is 9.93. The minimum atomic E-state index is -3.23. The molecule has 0 bridgehead atoms. The number of pyridine rings is 1. The summed E-state index contributed by atoms with van der Waals surface area (Å²) in [5, 5.41) is 5.62. The zero-order chi connectivity index (χ0) is 24.9. The summed E-state index contributed by atoms with van der Waals surface area (Å²) in [4.78, 5) is 32.9. The first-order chi connectivity index (χ1) is 16.1. The molecule has 184 valence electrons. The SMILES string of the molecule is C/C=C/C(F)(COC1=C(C)CC(C(C)NC(=O)c2ccnc(NC(=O)C3CC3)c2)C=N1)C(F)F. The van der Waals surface area contributed by atoms with Crippen molar-refractivity contribution >= 4 is 23.8 Å². The third-order valence-corrected chi connectivity index (χ3v) is 5.75. The molecule has 1 fully saturated rings. The summed E-state index contributed by atoms with van der Waals surface area (Å²) in [6, 6.07) is 2.76. The van der Waals surface area contributed by atoms with Crippen LogP contribution in [-0.4, -0.2) is 47.8 Å². The molecule has 34 heavy (non-hydrogen) atoms. The first-order valence-corrected chi connectivity index (χ1v) is 11.2. The van der Waals surface area contributed by atoms with Crippen molar-refractivity contribution in [2.75, 3.05) is 11.9 Å². The van der Waals surface area contributed by atoms with E-state index in [0.717, 1.165) is 18.9 Å². The Bertz CT molecular complexity index is 1010. The van der Waals surface area contributed by atoms with Gasteiger partial charge in [0.1, 0.15) is 12.4 Å². The van der Waals surface area contributed by atoms with Crippen molar-refractivity contribution in [3.8, 4) is 0 Å². The van der Waals surface area contributed by atoms with E-state index in [0.29, 0.717) is 23.4 Å². The highest BCUT2D eigenvalue weighted by atomic mass is 19.3. The van der Waals surface area contributed by atoms with Crippen LogP contribution in [0.25, 0.3) is 0 Å². The molecule has 10 heteroatoms. The lowest BCUT2D eigenvalue weighted by molar-refractivity contribution is -0.117.